The van der Waals surface area contributed by atoms with E-state index in [-0.39, 0.29) is 12.4 Å². The standard InChI is InChI=1S/C25H20Cl2N2O2.ClH/c26-21-11-9-17(15-22(21)27)10-12-23-20-7-3-4-8-24(20)29(14-13-28-23)16-18-5-1-2-6-19(18)25(30)31;/h1-12,15H,13-14,16H2,(H,30,31);1H. The van der Waals surface area contributed by atoms with Crippen molar-refractivity contribution in [2.45, 2.75) is 6.54 Å². The van der Waals surface area contributed by atoms with Crippen molar-refractivity contribution >= 4 is 59.1 Å². The first kappa shape index (κ1) is 23.9. The molecule has 32 heavy (non-hydrogen) atoms. The molecule has 0 fully saturated rings. The normalized spacial score (nSPS) is 13.2. The van der Waals surface area contributed by atoms with Crippen LogP contribution in [0.3, 0.4) is 0 Å². The zero-order chi connectivity index (χ0) is 21.8. The van der Waals surface area contributed by atoms with E-state index in [1.54, 1.807) is 18.2 Å². The van der Waals surface area contributed by atoms with Gasteiger partial charge < -0.3 is 10.0 Å². The minimum absolute atomic E-state index is 0. The van der Waals surface area contributed by atoms with Gasteiger partial charge in [0.15, 0.2) is 0 Å². The smallest absolute Gasteiger partial charge is 0.336 e. The largest absolute Gasteiger partial charge is 0.478 e. The summed E-state index contributed by atoms with van der Waals surface area (Å²) in [6, 6.07) is 20.7. The maximum Gasteiger partial charge on any atom is 0.336 e. The summed E-state index contributed by atoms with van der Waals surface area (Å²) < 4.78 is 0. The van der Waals surface area contributed by atoms with Gasteiger partial charge in [-0.2, -0.15) is 0 Å². The Balaban J connectivity index is 0.00000289. The molecule has 164 valence electrons. The number of carbonyl (C=O) groups is 1. The Morgan fingerprint density at radius 3 is 2.53 bits per heavy atom. The lowest BCUT2D eigenvalue weighted by Crippen LogP contribution is -2.26. The Bertz CT molecular complexity index is 1190. The second kappa shape index (κ2) is 10.7. The molecule has 3 aromatic rings. The number of carboxylic acids is 1. The summed E-state index contributed by atoms with van der Waals surface area (Å²) in [5, 5.41) is 10.6. The summed E-state index contributed by atoms with van der Waals surface area (Å²) in [7, 11) is 0. The summed E-state index contributed by atoms with van der Waals surface area (Å²) in [5.74, 6) is -0.916. The fourth-order valence-electron chi connectivity index (χ4n) is 3.63. The summed E-state index contributed by atoms with van der Waals surface area (Å²) >= 11 is 12.1. The Morgan fingerprint density at radius 2 is 1.75 bits per heavy atom. The lowest BCUT2D eigenvalue weighted by Gasteiger charge is -2.25. The highest BCUT2D eigenvalue weighted by atomic mass is 35.5. The molecule has 0 unspecified atom stereocenters. The predicted molar refractivity (Wildman–Crippen MR) is 135 cm³/mol. The Hall–Kier alpha value is -2.79. The number of anilines is 1. The third-order valence-electron chi connectivity index (χ3n) is 5.16. The molecule has 1 aliphatic heterocycles. The number of hydrogen-bond acceptors (Lipinski definition) is 3. The number of benzodiazepines with no additional fused rings is 1. The number of fused-ring (bicyclic) bond motifs is 1. The van der Waals surface area contributed by atoms with E-state index in [0.717, 1.165) is 28.1 Å². The summed E-state index contributed by atoms with van der Waals surface area (Å²) in [6.07, 6.45) is 3.94. The third kappa shape index (κ3) is 5.33. The van der Waals surface area contributed by atoms with Crippen molar-refractivity contribution < 1.29 is 9.90 Å². The number of halogens is 3. The number of hydrogen-bond donors (Lipinski definition) is 1. The molecular formula is C25H21Cl3N2O2. The van der Waals surface area contributed by atoms with E-state index in [9.17, 15) is 9.90 Å². The van der Waals surface area contributed by atoms with Crippen LogP contribution < -0.4 is 4.90 Å². The highest BCUT2D eigenvalue weighted by molar-refractivity contribution is 6.42. The first-order chi connectivity index (χ1) is 15.0. The van der Waals surface area contributed by atoms with Crippen LogP contribution in [-0.4, -0.2) is 29.9 Å². The number of allylic oxidation sites excluding steroid dienone is 1. The molecule has 1 N–H and O–H groups in total. The van der Waals surface area contributed by atoms with Crippen molar-refractivity contribution in [3.05, 3.63) is 105 Å². The second-order valence-corrected chi connectivity index (χ2v) is 7.99. The van der Waals surface area contributed by atoms with Crippen LogP contribution in [0, 0.1) is 0 Å². The molecular weight excluding hydrogens is 467 g/mol. The molecule has 0 spiro atoms. The number of benzene rings is 3. The van der Waals surface area contributed by atoms with Crippen molar-refractivity contribution in [3.63, 3.8) is 0 Å². The number of rotatable bonds is 5. The molecule has 0 saturated carbocycles. The van der Waals surface area contributed by atoms with Crippen LogP contribution >= 0.6 is 35.6 Å². The molecule has 3 aromatic carbocycles. The van der Waals surface area contributed by atoms with E-state index in [2.05, 4.69) is 4.90 Å². The van der Waals surface area contributed by atoms with E-state index in [1.807, 2.05) is 60.7 Å². The van der Waals surface area contributed by atoms with Crippen LogP contribution in [0.15, 0.2) is 77.8 Å². The van der Waals surface area contributed by atoms with Gasteiger partial charge in [-0.3, -0.25) is 4.99 Å². The topological polar surface area (TPSA) is 52.9 Å². The maximum absolute atomic E-state index is 11.6. The predicted octanol–water partition coefficient (Wildman–Crippen LogP) is 6.64. The number of aromatic carboxylic acids is 1. The number of para-hydroxylation sites is 1. The first-order valence-corrected chi connectivity index (χ1v) is 10.6. The zero-order valence-electron chi connectivity index (χ0n) is 17.0. The first-order valence-electron chi connectivity index (χ1n) is 9.86. The second-order valence-electron chi connectivity index (χ2n) is 7.17. The maximum atomic E-state index is 11.6. The highest BCUT2D eigenvalue weighted by Gasteiger charge is 2.19. The van der Waals surface area contributed by atoms with Crippen LogP contribution in [0.4, 0.5) is 5.69 Å². The Morgan fingerprint density at radius 1 is 1.00 bits per heavy atom. The molecule has 7 heteroatoms. The number of nitrogens with zero attached hydrogens (tertiary/aromatic N) is 2. The lowest BCUT2D eigenvalue weighted by atomic mass is 10.0. The lowest BCUT2D eigenvalue weighted by molar-refractivity contribution is 0.0695. The van der Waals surface area contributed by atoms with Crippen molar-refractivity contribution in [2.75, 3.05) is 18.0 Å². The molecule has 4 rings (SSSR count). The molecule has 0 aromatic heterocycles. The van der Waals surface area contributed by atoms with Gasteiger partial charge in [0.2, 0.25) is 0 Å². The van der Waals surface area contributed by atoms with Gasteiger partial charge in [-0.15, -0.1) is 12.4 Å². The Kier molecular flexibility index (Phi) is 7.97. The van der Waals surface area contributed by atoms with E-state index in [4.69, 9.17) is 28.2 Å². The van der Waals surface area contributed by atoms with Crippen LogP contribution in [0.1, 0.15) is 27.0 Å². The number of aliphatic imine (C=N–C) groups is 1. The minimum Gasteiger partial charge on any atom is -0.478 e. The average molecular weight is 488 g/mol. The van der Waals surface area contributed by atoms with Gasteiger partial charge in [-0.1, -0.05) is 71.7 Å². The van der Waals surface area contributed by atoms with Gasteiger partial charge >= 0.3 is 5.97 Å². The summed E-state index contributed by atoms with van der Waals surface area (Å²) in [6.45, 7) is 1.79. The molecule has 0 saturated heterocycles. The van der Waals surface area contributed by atoms with Crippen molar-refractivity contribution in [2.24, 2.45) is 4.99 Å². The molecule has 1 heterocycles. The van der Waals surface area contributed by atoms with Gasteiger partial charge in [0.1, 0.15) is 0 Å². The Labute approximate surface area is 203 Å². The minimum atomic E-state index is -0.916. The van der Waals surface area contributed by atoms with Gasteiger partial charge in [0.05, 0.1) is 27.9 Å². The fraction of sp³-hybridized carbons (Fsp3) is 0.120. The quantitative estimate of drug-likeness (QED) is 0.439. The molecule has 0 atom stereocenters. The molecule has 0 bridgehead atoms. The monoisotopic (exact) mass is 486 g/mol. The van der Waals surface area contributed by atoms with Crippen LogP contribution in [0.5, 0.6) is 0 Å². The van der Waals surface area contributed by atoms with E-state index < -0.39 is 5.97 Å². The van der Waals surface area contributed by atoms with E-state index in [1.165, 1.54) is 0 Å². The van der Waals surface area contributed by atoms with Gasteiger partial charge in [-0.05, 0) is 41.5 Å². The highest BCUT2D eigenvalue weighted by Crippen LogP contribution is 2.27. The van der Waals surface area contributed by atoms with Crippen molar-refractivity contribution in [3.8, 4) is 0 Å². The summed E-state index contributed by atoms with van der Waals surface area (Å²) in [4.78, 5) is 18.6. The van der Waals surface area contributed by atoms with Crippen LogP contribution in [-0.2, 0) is 6.54 Å². The molecule has 4 nitrogen and oxygen atoms in total. The average Bonchev–Trinajstić information content (AvgIpc) is 2.94. The van der Waals surface area contributed by atoms with Crippen LogP contribution in [0.2, 0.25) is 10.0 Å². The van der Waals surface area contributed by atoms with E-state index >= 15 is 0 Å². The zero-order valence-corrected chi connectivity index (χ0v) is 19.4. The van der Waals surface area contributed by atoms with E-state index in [0.29, 0.717) is 35.2 Å². The van der Waals surface area contributed by atoms with Gasteiger partial charge in [0.25, 0.3) is 0 Å². The third-order valence-corrected chi connectivity index (χ3v) is 5.90. The number of carboxylic acid groups (broad SMARTS) is 1. The van der Waals surface area contributed by atoms with Crippen molar-refractivity contribution in [1.29, 1.82) is 0 Å². The van der Waals surface area contributed by atoms with Gasteiger partial charge in [-0.25, -0.2) is 4.79 Å². The molecule has 0 radical (unpaired) electrons. The van der Waals surface area contributed by atoms with Gasteiger partial charge in [0, 0.05) is 24.3 Å². The van der Waals surface area contributed by atoms with Crippen molar-refractivity contribution in [1.82, 2.24) is 0 Å². The fourth-order valence-corrected chi connectivity index (χ4v) is 3.94. The summed E-state index contributed by atoms with van der Waals surface area (Å²) in [5.41, 5.74) is 4.94. The van der Waals surface area contributed by atoms with Crippen LogP contribution in [0.25, 0.3) is 6.08 Å². The molecule has 0 aliphatic carbocycles. The molecule has 0 amide bonds. The molecule has 1 aliphatic rings. The SMILES string of the molecule is Cl.O=C(O)c1ccccc1CN1CCN=C(C=Cc2ccc(Cl)c(Cl)c2)c2ccccc21.